The van der Waals surface area contributed by atoms with Crippen molar-refractivity contribution >= 4 is 13.1 Å². The van der Waals surface area contributed by atoms with E-state index in [4.69, 9.17) is 14.0 Å². The summed E-state index contributed by atoms with van der Waals surface area (Å²) in [5.74, 6) is -0.215. The summed E-state index contributed by atoms with van der Waals surface area (Å²) in [6, 6.07) is 0. The van der Waals surface area contributed by atoms with E-state index in [0.29, 0.717) is 6.42 Å². The molecule has 124 valence electrons. The van der Waals surface area contributed by atoms with Gasteiger partial charge in [-0.05, 0) is 73.2 Å². The lowest BCUT2D eigenvalue weighted by atomic mass is 9.69. The fourth-order valence-electron chi connectivity index (χ4n) is 2.71. The van der Waals surface area contributed by atoms with E-state index in [1.54, 1.807) is 0 Å². The smallest absolute Gasteiger partial charge is 0.460 e. The Labute approximate surface area is 134 Å². The van der Waals surface area contributed by atoms with E-state index >= 15 is 0 Å². The fourth-order valence-corrected chi connectivity index (χ4v) is 2.71. The highest BCUT2D eigenvalue weighted by molar-refractivity contribution is 6.54. The van der Waals surface area contributed by atoms with Crippen LogP contribution in [0.5, 0.6) is 0 Å². The molecule has 0 saturated carbocycles. The summed E-state index contributed by atoms with van der Waals surface area (Å²) >= 11 is 0. The van der Waals surface area contributed by atoms with Crippen LogP contribution in [-0.4, -0.2) is 29.9 Å². The Morgan fingerprint density at radius 2 is 1.77 bits per heavy atom. The van der Waals surface area contributed by atoms with E-state index in [0.717, 1.165) is 18.3 Å². The Morgan fingerprint density at radius 1 is 1.23 bits per heavy atom. The van der Waals surface area contributed by atoms with Crippen LogP contribution in [0, 0.1) is 5.92 Å². The predicted octanol–water partition coefficient (Wildman–Crippen LogP) is 3.69. The lowest BCUT2D eigenvalue weighted by Gasteiger charge is -2.32. The molecule has 0 amide bonds. The lowest BCUT2D eigenvalue weighted by Crippen LogP contribution is -2.41. The minimum atomic E-state index is -0.442. The minimum absolute atomic E-state index is 0.0988. The van der Waals surface area contributed by atoms with Crippen molar-refractivity contribution < 1.29 is 18.8 Å². The number of allylic oxidation sites excluding steroid dienone is 2. The van der Waals surface area contributed by atoms with Gasteiger partial charge in [0.1, 0.15) is 5.60 Å². The van der Waals surface area contributed by atoms with Crippen molar-refractivity contribution in [2.75, 3.05) is 0 Å². The molecule has 1 saturated heterocycles. The zero-order chi connectivity index (χ0) is 16.8. The van der Waals surface area contributed by atoms with E-state index in [9.17, 15) is 4.79 Å². The van der Waals surface area contributed by atoms with Crippen molar-refractivity contribution in [3.8, 4) is 0 Å². The van der Waals surface area contributed by atoms with Crippen LogP contribution in [0.3, 0.4) is 0 Å². The standard InChI is InChI=1S/C17H29BO4/c1-15(2,3)20-14(19)12-9-8-10-13(11-12)18-21-16(4,5)17(6,7)22-18/h10,12H,8-9,11H2,1-7H3. The van der Waals surface area contributed by atoms with Gasteiger partial charge in [0.2, 0.25) is 0 Å². The Kier molecular flexibility index (Phi) is 4.53. The van der Waals surface area contributed by atoms with Crippen LogP contribution in [-0.2, 0) is 18.8 Å². The summed E-state index contributed by atoms with van der Waals surface area (Å²) < 4.78 is 17.7. The van der Waals surface area contributed by atoms with Gasteiger partial charge >= 0.3 is 13.1 Å². The molecule has 0 radical (unpaired) electrons. The van der Waals surface area contributed by atoms with E-state index in [-0.39, 0.29) is 30.2 Å². The molecule has 1 aliphatic carbocycles. The molecule has 1 aliphatic heterocycles. The van der Waals surface area contributed by atoms with Gasteiger partial charge in [-0.25, -0.2) is 0 Å². The number of hydrogen-bond acceptors (Lipinski definition) is 4. The van der Waals surface area contributed by atoms with E-state index in [1.165, 1.54) is 0 Å². The van der Waals surface area contributed by atoms with Crippen molar-refractivity contribution in [1.29, 1.82) is 0 Å². The van der Waals surface area contributed by atoms with Gasteiger partial charge in [-0.15, -0.1) is 0 Å². The van der Waals surface area contributed by atoms with E-state index < -0.39 is 5.60 Å². The molecule has 0 aromatic rings. The highest BCUT2D eigenvalue weighted by atomic mass is 16.7. The molecule has 0 aromatic carbocycles. The quantitative estimate of drug-likeness (QED) is 0.576. The Balaban J connectivity index is 2.03. The van der Waals surface area contributed by atoms with Crippen LogP contribution >= 0.6 is 0 Å². The van der Waals surface area contributed by atoms with E-state index in [1.807, 2.05) is 48.5 Å². The monoisotopic (exact) mass is 308 g/mol. The van der Waals surface area contributed by atoms with Gasteiger partial charge in [-0.1, -0.05) is 6.08 Å². The van der Waals surface area contributed by atoms with Gasteiger partial charge < -0.3 is 14.0 Å². The first-order valence-corrected chi connectivity index (χ1v) is 8.19. The average molecular weight is 308 g/mol. The second kappa shape index (κ2) is 5.68. The zero-order valence-corrected chi connectivity index (χ0v) is 15.0. The molecule has 5 heteroatoms. The number of carbonyl (C=O) groups is 1. The maximum atomic E-state index is 12.3. The number of ether oxygens (including phenoxy) is 1. The number of carbonyl (C=O) groups excluding carboxylic acids is 1. The van der Waals surface area contributed by atoms with Gasteiger partial charge in [-0.3, -0.25) is 4.79 Å². The Morgan fingerprint density at radius 3 is 2.27 bits per heavy atom. The van der Waals surface area contributed by atoms with Gasteiger partial charge in [0.25, 0.3) is 0 Å². The minimum Gasteiger partial charge on any atom is -0.460 e. The first kappa shape index (κ1) is 17.5. The second-order valence-corrected chi connectivity index (χ2v) is 8.38. The SMILES string of the molecule is CC(C)(C)OC(=O)C1CCC=C(B2OC(C)(C)C(C)(C)O2)C1. The first-order valence-electron chi connectivity index (χ1n) is 8.19. The summed E-state index contributed by atoms with van der Waals surface area (Å²) in [4.78, 5) is 12.3. The molecule has 1 atom stereocenters. The van der Waals surface area contributed by atoms with Crippen LogP contribution < -0.4 is 0 Å². The zero-order valence-electron chi connectivity index (χ0n) is 15.0. The van der Waals surface area contributed by atoms with Crippen LogP contribution in [0.4, 0.5) is 0 Å². The largest absolute Gasteiger partial charge is 0.490 e. The summed E-state index contributed by atoms with van der Waals surface area (Å²) in [5, 5.41) is 0. The summed E-state index contributed by atoms with van der Waals surface area (Å²) in [7, 11) is -0.352. The third kappa shape index (κ3) is 3.74. The number of esters is 1. The van der Waals surface area contributed by atoms with Gasteiger partial charge in [0.15, 0.2) is 0 Å². The molecule has 1 fully saturated rings. The molecule has 0 N–H and O–H groups in total. The maximum Gasteiger partial charge on any atom is 0.490 e. The van der Waals surface area contributed by atoms with Crippen LogP contribution in [0.1, 0.15) is 67.7 Å². The fraction of sp³-hybridized carbons (Fsp3) is 0.824. The van der Waals surface area contributed by atoms with E-state index in [2.05, 4.69) is 6.08 Å². The van der Waals surface area contributed by atoms with Crippen molar-refractivity contribution in [2.45, 2.75) is 84.5 Å². The molecule has 2 rings (SSSR count). The molecule has 0 spiro atoms. The summed E-state index contributed by atoms with van der Waals surface area (Å²) in [6.07, 6.45) is 4.51. The third-order valence-corrected chi connectivity index (χ3v) is 4.70. The highest BCUT2D eigenvalue weighted by Crippen LogP contribution is 2.41. The average Bonchev–Trinajstić information content (AvgIpc) is 2.57. The molecule has 4 nitrogen and oxygen atoms in total. The first-order chi connectivity index (χ1) is 9.91. The molecule has 0 bridgehead atoms. The van der Waals surface area contributed by atoms with Gasteiger partial charge in [-0.2, -0.15) is 0 Å². The third-order valence-electron chi connectivity index (χ3n) is 4.70. The number of rotatable bonds is 2. The summed E-state index contributed by atoms with van der Waals surface area (Å²) in [6.45, 7) is 13.9. The summed E-state index contributed by atoms with van der Waals surface area (Å²) in [5.41, 5.74) is -0.0712. The molecule has 1 heterocycles. The predicted molar refractivity (Wildman–Crippen MR) is 87.4 cm³/mol. The second-order valence-electron chi connectivity index (χ2n) is 8.38. The number of hydrogen-bond donors (Lipinski definition) is 0. The van der Waals surface area contributed by atoms with Crippen molar-refractivity contribution in [2.24, 2.45) is 5.92 Å². The molecule has 2 aliphatic rings. The molecular weight excluding hydrogens is 279 g/mol. The maximum absolute atomic E-state index is 12.3. The van der Waals surface area contributed by atoms with Gasteiger partial charge in [0.05, 0.1) is 17.1 Å². The van der Waals surface area contributed by atoms with Crippen molar-refractivity contribution in [1.82, 2.24) is 0 Å². The van der Waals surface area contributed by atoms with Crippen LogP contribution in [0.2, 0.25) is 0 Å². The van der Waals surface area contributed by atoms with Crippen LogP contribution in [0.15, 0.2) is 11.5 Å². The van der Waals surface area contributed by atoms with Crippen molar-refractivity contribution in [3.05, 3.63) is 11.5 Å². The molecule has 1 unspecified atom stereocenters. The Hall–Kier alpha value is -0.805. The normalized spacial score (nSPS) is 27.5. The molecule has 0 aromatic heterocycles. The molecule has 22 heavy (non-hydrogen) atoms. The Bertz CT molecular complexity index is 458. The lowest BCUT2D eigenvalue weighted by molar-refractivity contribution is -0.160. The topological polar surface area (TPSA) is 44.8 Å². The highest BCUT2D eigenvalue weighted by Gasteiger charge is 2.52. The van der Waals surface area contributed by atoms with Crippen LogP contribution in [0.25, 0.3) is 0 Å². The van der Waals surface area contributed by atoms with Gasteiger partial charge in [0, 0.05) is 0 Å². The van der Waals surface area contributed by atoms with Crippen molar-refractivity contribution in [3.63, 3.8) is 0 Å². The molecular formula is C17H29BO4.